The first-order valence-corrected chi connectivity index (χ1v) is 10.3. The van der Waals surface area contributed by atoms with Crippen LogP contribution >= 0.6 is 11.3 Å². The fraction of sp³-hybridized carbons (Fsp3) is 0.0400. The van der Waals surface area contributed by atoms with Crippen molar-refractivity contribution in [2.45, 2.75) is 6.92 Å². The second-order valence-corrected chi connectivity index (χ2v) is 7.88. The number of carbonyl (C=O) groups excluding carboxylic acids is 1. The molecule has 1 heterocycles. The molecule has 30 heavy (non-hydrogen) atoms. The molecule has 3 aromatic carbocycles. The third-order valence-corrected chi connectivity index (χ3v) is 5.40. The standard InChI is InChI=1S/C25H20N2O2S/c1-18-16-17-23(30-18)24(19-10-4-2-5-11-19)26-27-25(28)21-14-8-9-15-22(21)29-20-12-6-3-7-13-20/h2-17H,1H3,(H,27,28)/b26-24-. The van der Waals surface area contributed by atoms with Crippen LogP contribution in [0.1, 0.15) is 25.7 Å². The van der Waals surface area contributed by atoms with E-state index in [-0.39, 0.29) is 5.91 Å². The minimum atomic E-state index is -0.330. The number of aryl methyl sites for hydroxylation is 1. The minimum Gasteiger partial charge on any atom is -0.457 e. The molecule has 0 unspecified atom stereocenters. The van der Waals surface area contributed by atoms with Crippen LogP contribution in [0.3, 0.4) is 0 Å². The van der Waals surface area contributed by atoms with Crippen molar-refractivity contribution in [1.29, 1.82) is 0 Å². The van der Waals surface area contributed by atoms with Gasteiger partial charge in [-0.3, -0.25) is 4.79 Å². The largest absolute Gasteiger partial charge is 0.457 e. The van der Waals surface area contributed by atoms with Crippen LogP contribution in [-0.4, -0.2) is 11.6 Å². The number of ether oxygens (including phenoxy) is 1. The summed E-state index contributed by atoms with van der Waals surface area (Å²) in [6.45, 7) is 2.05. The van der Waals surface area contributed by atoms with Crippen molar-refractivity contribution in [3.05, 3.63) is 118 Å². The van der Waals surface area contributed by atoms with Crippen LogP contribution in [0.4, 0.5) is 0 Å². The lowest BCUT2D eigenvalue weighted by atomic mass is 10.1. The Bertz CT molecular complexity index is 1170. The summed E-state index contributed by atoms with van der Waals surface area (Å²) in [4.78, 5) is 15.1. The zero-order valence-electron chi connectivity index (χ0n) is 16.4. The third-order valence-electron chi connectivity index (χ3n) is 4.39. The monoisotopic (exact) mass is 412 g/mol. The van der Waals surface area contributed by atoms with E-state index in [4.69, 9.17) is 4.74 Å². The Morgan fingerprint density at radius 3 is 2.20 bits per heavy atom. The predicted molar refractivity (Wildman–Crippen MR) is 122 cm³/mol. The van der Waals surface area contributed by atoms with Gasteiger partial charge in [-0.1, -0.05) is 60.7 Å². The minimum absolute atomic E-state index is 0.330. The fourth-order valence-corrected chi connectivity index (χ4v) is 3.82. The molecule has 0 aliphatic heterocycles. The van der Waals surface area contributed by atoms with Crippen molar-refractivity contribution in [2.24, 2.45) is 5.10 Å². The van der Waals surface area contributed by atoms with E-state index in [1.165, 1.54) is 4.88 Å². The molecule has 0 atom stereocenters. The zero-order chi connectivity index (χ0) is 20.8. The van der Waals surface area contributed by atoms with Crippen LogP contribution in [-0.2, 0) is 0 Å². The van der Waals surface area contributed by atoms with E-state index in [1.54, 1.807) is 29.5 Å². The first-order valence-electron chi connectivity index (χ1n) is 9.53. The fourth-order valence-electron chi connectivity index (χ4n) is 2.95. The van der Waals surface area contributed by atoms with Crippen LogP contribution in [0.15, 0.2) is 102 Å². The van der Waals surface area contributed by atoms with Gasteiger partial charge in [0.1, 0.15) is 17.2 Å². The highest BCUT2D eigenvalue weighted by atomic mass is 32.1. The number of benzene rings is 3. The molecule has 148 valence electrons. The van der Waals surface area contributed by atoms with E-state index in [0.717, 1.165) is 16.2 Å². The van der Waals surface area contributed by atoms with Gasteiger partial charge in [0.25, 0.3) is 5.91 Å². The Hall–Kier alpha value is -3.70. The van der Waals surface area contributed by atoms with Crippen molar-refractivity contribution in [2.75, 3.05) is 0 Å². The number of rotatable bonds is 6. The Labute approximate surface area is 179 Å². The summed E-state index contributed by atoms with van der Waals surface area (Å²) >= 11 is 1.64. The Morgan fingerprint density at radius 1 is 0.833 bits per heavy atom. The van der Waals surface area contributed by atoms with Gasteiger partial charge in [0, 0.05) is 10.4 Å². The average molecular weight is 413 g/mol. The summed E-state index contributed by atoms with van der Waals surface area (Å²) in [6.07, 6.45) is 0. The van der Waals surface area contributed by atoms with Gasteiger partial charge in [-0.2, -0.15) is 5.10 Å². The molecule has 0 radical (unpaired) electrons. The molecule has 4 rings (SSSR count). The van der Waals surface area contributed by atoms with Crippen LogP contribution in [0.5, 0.6) is 11.5 Å². The lowest BCUT2D eigenvalue weighted by Crippen LogP contribution is -2.21. The van der Waals surface area contributed by atoms with Crippen molar-refractivity contribution in [3.63, 3.8) is 0 Å². The number of para-hydroxylation sites is 2. The van der Waals surface area contributed by atoms with Gasteiger partial charge < -0.3 is 4.74 Å². The van der Waals surface area contributed by atoms with Crippen molar-refractivity contribution in [1.82, 2.24) is 5.43 Å². The lowest BCUT2D eigenvalue weighted by molar-refractivity contribution is 0.0952. The van der Waals surface area contributed by atoms with Gasteiger partial charge in [0.05, 0.1) is 10.4 Å². The van der Waals surface area contributed by atoms with Crippen LogP contribution in [0.2, 0.25) is 0 Å². The number of carbonyl (C=O) groups is 1. The van der Waals surface area contributed by atoms with E-state index in [2.05, 4.69) is 10.5 Å². The molecule has 0 aliphatic rings. The van der Waals surface area contributed by atoms with E-state index in [0.29, 0.717) is 17.1 Å². The highest BCUT2D eigenvalue weighted by Gasteiger charge is 2.14. The summed E-state index contributed by atoms with van der Waals surface area (Å²) in [5.74, 6) is 0.813. The summed E-state index contributed by atoms with van der Waals surface area (Å²) in [6, 6.07) is 30.4. The molecule has 0 spiro atoms. The van der Waals surface area contributed by atoms with Crippen molar-refractivity contribution in [3.8, 4) is 11.5 Å². The topological polar surface area (TPSA) is 50.7 Å². The van der Waals surface area contributed by atoms with Crippen LogP contribution in [0.25, 0.3) is 0 Å². The maximum atomic E-state index is 12.9. The van der Waals surface area contributed by atoms with Gasteiger partial charge in [-0.25, -0.2) is 5.43 Å². The summed E-state index contributed by atoms with van der Waals surface area (Å²) < 4.78 is 5.90. The molecule has 4 nitrogen and oxygen atoms in total. The Morgan fingerprint density at radius 2 is 1.50 bits per heavy atom. The number of hydrogen-bond acceptors (Lipinski definition) is 4. The van der Waals surface area contributed by atoms with E-state index >= 15 is 0 Å². The van der Waals surface area contributed by atoms with Crippen LogP contribution < -0.4 is 10.2 Å². The second kappa shape index (κ2) is 9.20. The lowest BCUT2D eigenvalue weighted by Gasteiger charge is -2.11. The zero-order valence-corrected chi connectivity index (χ0v) is 17.2. The molecule has 1 amide bonds. The second-order valence-electron chi connectivity index (χ2n) is 6.59. The first-order chi connectivity index (χ1) is 14.7. The van der Waals surface area contributed by atoms with Crippen molar-refractivity contribution < 1.29 is 9.53 Å². The molecular formula is C25H20N2O2S. The predicted octanol–water partition coefficient (Wildman–Crippen LogP) is 6.03. The summed E-state index contributed by atoms with van der Waals surface area (Å²) in [7, 11) is 0. The van der Waals surface area contributed by atoms with Gasteiger partial charge in [0.15, 0.2) is 0 Å². The summed E-state index contributed by atoms with van der Waals surface area (Å²) in [5.41, 5.74) is 4.79. The highest BCUT2D eigenvalue weighted by molar-refractivity contribution is 7.14. The smallest absolute Gasteiger partial charge is 0.275 e. The van der Waals surface area contributed by atoms with Crippen LogP contribution in [0, 0.1) is 6.92 Å². The van der Waals surface area contributed by atoms with Gasteiger partial charge in [-0.05, 0) is 43.3 Å². The number of hydrazone groups is 1. The molecule has 0 saturated heterocycles. The molecule has 0 saturated carbocycles. The van der Waals surface area contributed by atoms with E-state index < -0.39 is 0 Å². The van der Waals surface area contributed by atoms with Gasteiger partial charge >= 0.3 is 0 Å². The third kappa shape index (κ3) is 4.64. The molecule has 4 aromatic rings. The molecule has 0 fully saturated rings. The number of nitrogens with one attached hydrogen (secondary N) is 1. The van der Waals surface area contributed by atoms with Gasteiger partial charge in [0.2, 0.25) is 0 Å². The Kier molecular flexibility index (Phi) is 6.01. The molecule has 0 aliphatic carbocycles. The first kappa shape index (κ1) is 19.6. The van der Waals surface area contributed by atoms with Crippen molar-refractivity contribution >= 4 is 23.0 Å². The maximum absolute atomic E-state index is 12.9. The Balaban J connectivity index is 1.62. The average Bonchev–Trinajstić information content (AvgIpc) is 3.21. The highest BCUT2D eigenvalue weighted by Crippen LogP contribution is 2.25. The number of amides is 1. The quantitative estimate of drug-likeness (QED) is 0.310. The molecular weight excluding hydrogens is 392 g/mol. The van der Waals surface area contributed by atoms with Gasteiger partial charge in [-0.15, -0.1) is 11.3 Å². The van der Waals surface area contributed by atoms with E-state index in [9.17, 15) is 4.79 Å². The molecule has 1 aromatic heterocycles. The number of thiophene rings is 1. The number of hydrogen-bond donors (Lipinski definition) is 1. The normalized spacial score (nSPS) is 11.2. The molecule has 5 heteroatoms. The molecule has 0 bridgehead atoms. The maximum Gasteiger partial charge on any atom is 0.275 e. The number of nitrogens with zero attached hydrogens (tertiary/aromatic N) is 1. The SMILES string of the molecule is Cc1ccc(/C(=N\NC(=O)c2ccccc2Oc2ccccc2)c2ccccc2)s1. The summed E-state index contributed by atoms with van der Waals surface area (Å²) in [5, 5.41) is 4.47. The molecule has 1 N–H and O–H groups in total. The van der Waals surface area contributed by atoms with E-state index in [1.807, 2.05) is 85.8 Å².